The number of ether oxygens (including phenoxy) is 5. The molecule has 388 valence electrons. The van der Waals surface area contributed by atoms with Crippen LogP contribution in [-0.4, -0.2) is 156 Å². The van der Waals surface area contributed by atoms with Crippen LogP contribution >= 0.6 is 0 Å². The highest BCUT2D eigenvalue weighted by Crippen LogP contribution is 2.38. The van der Waals surface area contributed by atoms with E-state index in [9.17, 15) is 39.3 Å². The van der Waals surface area contributed by atoms with Crippen LogP contribution in [0.1, 0.15) is 126 Å². The number of morpholine rings is 1. The van der Waals surface area contributed by atoms with Gasteiger partial charge in [-0.05, 0) is 108 Å². The quantitative estimate of drug-likeness (QED) is 0.162. The van der Waals surface area contributed by atoms with Crippen molar-refractivity contribution in [3.05, 3.63) is 47.6 Å². The Morgan fingerprint density at radius 1 is 0.826 bits per heavy atom. The maximum Gasteiger partial charge on any atom is 0.329 e. The summed E-state index contributed by atoms with van der Waals surface area (Å²) in [5.41, 5.74) is 1.44. The second kappa shape index (κ2) is 26.3. The standard InChI is InChI=1S/C54H84N2O13/c1-33-15-11-10-12-16-34(2)43(55-23-25-67-26-24-55)31-41-20-18-39(7)54(64,69-41)51(61)52(62)56-22-14-13-17-42(56)53(63)68-46(36(4)29-40-19-21-44(57)47(30-40)65-8)32-45(58)35(3)28-38(6)49(60)50(66-9)48(59)37(5)27-33/h10-12,15-16,28,33,35-37,39-44,46-47,49-50,57,60,64H,13-14,17-27,29-32H2,1-9H3/b12-10+,15-11+,34-16?,38-28+/t33-,35-,36?,37-,39-,40-,41+,42+,43+,44-,46+,47-,49-,50+,54-/m1/s1. The fourth-order valence-corrected chi connectivity index (χ4v) is 11.2. The van der Waals surface area contributed by atoms with Gasteiger partial charge in [0.1, 0.15) is 30.1 Å². The van der Waals surface area contributed by atoms with E-state index in [1.54, 1.807) is 34.0 Å². The average Bonchev–Trinajstić information content (AvgIpc) is 3.33. The summed E-state index contributed by atoms with van der Waals surface area (Å²) in [7, 11) is 2.96. The molecule has 2 bridgehead atoms. The molecule has 1 aliphatic carbocycles. The number of piperidine rings is 1. The van der Waals surface area contributed by atoms with Gasteiger partial charge in [0.25, 0.3) is 11.7 Å². The van der Waals surface area contributed by atoms with Gasteiger partial charge in [0.2, 0.25) is 5.79 Å². The number of allylic oxidation sites excluding steroid dienone is 6. The number of rotatable bonds is 6. The number of amides is 1. The van der Waals surface area contributed by atoms with Crippen molar-refractivity contribution in [3.8, 4) is 0 Å². The lowest BCUT2D eigenvalue weighted by molar-refractivity contribution is -0.265. The van der Waals surface area contributed by atoms with Crippen LogP contribution in [0.3, 0.4) is 0 Å². The summed E-state index contributed by atoms with van der Waals surface area (Å²) in [6.07, 6.45) is 12.3. The van der Waals surface area contributed by atoms with E-state index < -0.39 is 77.8 Å². The molecule has 69 heavy (non-hydrogen) atoms. The first-order chi connectivity index (χ1) is 32.8. The second-order valence-electron chi connectivity index (χ2n) is 21.0. The van der Waals surface area contributed by atoms with Gasteiger partial charge in [-0.1, -0.05) is 76.6 Å². The van der Waals surface area contributed by atoms with Crippen LogP contribution in [0, 0.1) is 35.5 Å². The van der Waals surface area contributed by atoms with Gasteiger partial charge >= 0.3 is 5.97 Å². The molecule has 3 N–H and O–H groups in total. The van der Waals surface area contributed by atoms with Crippen molar-refractivity contribution < 1.29 is 63.0 Å². The summed E-state index contributed by atoms with van der Waals surface area (Å²) in [5, 5.41) is 34.2. The molecule has 0 radical (unpaired) electrons. The predicted molar refractivity (Wildman–Crippen MR) is 261 cm³/mol. The summed E-state index contributed by atoms with van der Waals surface area (Å²) >= 11 is 0. The molecule has 4 aliphatic heterocycles. The number of carbonyl (C=O) groups is 5. The molecule has 5 rings (SSSR count). The maximum atomic E-state index is 14.5. The average molecular weight is 969 g/mol. The lowest BCUT2D eigenvalue weighted by Gasteiger charge is -2.44. The van der Waals surface area contributed by atoms with Gasteiger partial charge < -0.3 is 43.9 Å². The Bertz CT molecular complexity index is 1870. The SMILES string of the molecule is CO[C@@H]1C[C@@H](CC(C)[C@@H]2CC(=O)[C@H](C)/C=C(\C)[C@@H](O)[C@@H](OC)C(=O)[C@H](C)C[C@H](C)/C=C/C=C/C=C(C)[C@@H](N3CCOCC3)C[C@@H]3CC[C@@H](C)[C@@](O)(O3)C(=O)C(=O)N3CCCC[C@H]3C(=O)O2)CC[C@H]1O. The van der Waals surface area contributed by atoms with E-state index in [2.05, 4.69) is 4.90 Å². The van der Waals surface area contributed by atoms with Crippen molar-refractivity contribution in [1.29, 1.82) is 0 Å². The zero-order chi connectivity index (χ0) is 50.6. The zero-order valence-electron chi connectivity index (χ0n) is 42.9. The van der Waals surface area contributed by atoms with E-state index in [0.717, 1.165) is 12.0 Å². The minimum Gasteiger partial charge on any atom is -0.460 e. The van der Waals surface area contributed by atoms with Crippen LogP contribution < -0.4 is 0 Å². The normalized spacial score (nSPS) is 39.6. The number of Topliss-reactive ketones (excluding diaryl/α,β-unsaturated/α-hetero) is 3. The summed E-state index contributed by atoms with van der Waals surface area (Å²) in [4.78, 5) is 74.8. The van der Waals surface area contributed by atoms with Gasteiger partial charge in [0.15, 0.2) is 5.78 Å². The molecule has 1 unspecified atom stereocenters. The van der Waals surface area contributed by atoms with Crippen LogP contribution in [0.15, 0.2) is 47.6 Å². The number of esters is 1. The molecule has 5 aliphatic rings. The van der Waals surface area contributed by atoms with E-state index in [1.807, 2.05) is 58.1 Å². The number of aliphatic hydroxyl groups excluding tert-OH is 2. The Hall–Kier alpha value is -3.41. The van der Waals surface area contributed by atoms with Gasteiger partial charge in [0.05, 0.1) is 31.5 Å². The Labute approximate surface area is 411 Å². The highest BCUT2D eigenvalue weighted by molar-refractivity contribution is 6.39. The molecule has 15 heteroatoms. The van der Waals surface area contributed by atoms with Crippen molar-refractivity contribution in [2.45, 2.75) is 180 Å². The van der Waals surface area contributed by atoms with Crippen LogP contribution in [0.2, 0.25) is 0 Å². The molecule has 1 saturated carbocycles. The fourth-order valence-electron chi connectivity index (χ4n) is 11.2. The number of fused-ring (bicyclic) bond motifs is 3. The topological polar surface area (TPSA) is 199 Å². The fraction of sp³-hybridized carbons (Fsp3) is 0.759. The third-order valence-corrected chi connectivity index (χ3v) is 15.7. The number of ketones is 3. The minimum absolute atomic E-state index is 0.0234. The van der Waals surface area contributed by atoms with Crippen molar-refractivity contribution in [3.63, 3.8) is 0 Å². The summed E-state index contributed by atoms with van der Waals surface area (Å²) in [5.74, 6) is -7.86. The zero-order valence-corrected chi connectivity index (χ0v) is 42.9. The first-order valence-corrected chi connectivity index (χ1v) is 25.7. The van der Waals surface area contributed by atoms with E-state index in [1.165, 1.54) is 12.0 Å². The summed E-state index contributed by atoms with van der Waals surface area (Å²) in [6.45, 7) is 15.5. The molecule has 15 atom stereocenters. The molecular formula is C54H84N2O13. The highest BCUT2D eigenvalue weighted by atomic mass is 16.6. The third-order valence-electron chi connectivity index (χ3n) is 15.7. The summed E-state index contributed by atoms with van der Waals surface area (Å²) < 4.78 is 29.5. The molecule has 0 aromatic rings. The van der Waals surface area contributed by atoms with Crippen LogP contribution in [0.25, 0.3) is 0 Å². The van der Waals surface area contributed by atoms with Gasteiger partial charge in [-0.2, -0.15) is 0 Å². The molecule has 0 aromatic heterocycles. The maximum absolute atomic E-state index is 14.5. The number of aliphatic hydroxyl groups is 3. The third kappa shape index (κ3) is 14.8. The number of hydrogen-bond acceptors (Lipinski definition) is 14. The molecule has 4 heterocycles. The second-order valence-corrected chi connectivity index (χ2v) is 21.0. The minimum atomic E-state index is -2.42. The molecule has 0 spiro atoms. The largest absolute Gasteiger partial charge is 0.460 e. The molecular weight excluding hydrogens is 885 g/mol. The van der Waals surface area contributed by atoms with E-state index in [-0.39, 0.29) is 60.9 Å². The Morgan fingerprint density at radius 3 is 2.25 bits per heavy atom. The van der Waals surface area contributed by atoms with Crippen LogP contribution in [0.5, 0.6) is 0 Å². The van der Waals surface area contributed by atoms with E-state index in [0.29, 0.717) is 89.7 Å². The monoisotopic (exact) mass is 969 g/mol. The molecule has 1 amide bonds. The van der Waals surface area contributed by atoms with Crippen LogP contribution in [-0.2, 0) is 47.7 Å². The van der Waals surface area contributed by atoms with Gasteiger partial charge in [-0.3, -0.25) is 24.1 Å². The van der Waals surface area contributed by atoms with Crippen LogP contribution in [0.4, 0.5) is 0 Å². The highest BCUT2D eigenvalue weighted by Gasteiger charge is 2.53. The number of hydrogen-bond donors (Lipinski definition) is 3. The number of methoxy groups -OCH3 is 2. The van der Waals surface area contributed by atoms with Gasteiger partial charge in [-0.25, -0.2) is 4.79 Å². The van der Waals surface area contributed by atoms with Crippen molar-refractivity contribution in [2.24, 2.45) is 35.5 Å². The lowest BCUT2D eigenvalue weighted by Crippen LogP contribution is -2.61. The van der Waals surface area contributed by atoms with Crippen molar-refractivity contribution in [2.75, 3.05) is 47.1 Å². The molecule has 4 fully saturated rings. The first kappa shape index (κ1) is 56.5. The Morgan fingerprint density at radius 2 is 1.55 bits per heavy atom. The van der Waals surface area contributed by atoms with Crippen molar-refractivity contribution in [1.82, 2.24) is 9.80 Å². The van der Waals surface area contributed by atoms with Gasteiger partial charge in [-0.15, -0.1) is 0 Å². The molecule has 3 saturated heterocycles. The predicted octanol–water partition coefficient (Wildman–Crippen LogP) is 5.87. The smallest absolute Gasteiger partial charge is 0.329 e. The summed E-state index contributed by atoms with van der Waals surface area (Å²) in [6, 6.07) is -1.25. The van der Waals surface area contributed by atoms with E-state index >= 15 is 0 Å². The lowest BCUT2D eigenvalue weighted by atomic mass is 9.78. The number of cyclic esters (lactones) is 1. The van der Waals surface area contributed by atoms with Gasteiger partial charge in [0, 0.05) is 64.1 Å². The van der Waals surface area contributed by atoms with E-state index in [4.69, 9.17) is 23.7 Å². The van der Waals surface area contributed by atoms with Crippen molar-refractivity contribution >= 4 is 29.2 Å². The molecule has 0 aromatic carbocycles. The molecule has 15 nitrogen and oxygen atoms in total. The number of nitrogens with zero attached hydrogens (tertiary/aromatic N) is 2. The Balaban J connectivity index is 1.49. The number of carbonyl (C=O) groups excluding carboxylic acids is 5. The first-order valence-electron chi connectivity index (χ1n) is 25.7. The Kier molecular flexibility index (Phi) is 21.6.